The largest absolute Gasteiger partial charge is 0.480 e. The number of hydrogen-bond acceptors (Lipinski definition) is 4. The van der Waals surface area contributed by atoms with E-state index in [4.69, 9.17) is 17.0 Å². The van der Waals surface area contributed by atoms with Crippen LogP contribution in [0.5, 0.6) is 0 Å². The Morgan fingerprint density at radius 3 is 2.50 bits per heavy atom. The Balaban J connectivity index is 3.08. The molecule has 0 radical (unpaired) electrons. The summed E-state index contributed by atoms with van der Waals surface area (Å²) in [6.45, 7) is 1.79. The van der Waals surface area contributed by atoms with E-state index in [1.807, 2.05) is 25.2 Å². The lowest BCUT2D eigenvalue weighted by molar-refractivity contribution is 0.404. The fourth-order valence-corrected chi connectivity index (χ4v) is 1.33. The molecule has 0 atom stereocenters. The van der Waals surface area contributed by atoms with Crippen LogP contribution in [-0.2, 0) is 4.74 Å². The highest BCUT2D eigenvalue weighted by Gasteiger charge is 2.18. The van der Waals surface area contributed by atoms with Gasteiger partial charge in [-0.05, 0) is 6.92 Å². The summed E-state index contributed by atoms with van der Waals surface area (Å²) in [6.07, 6.45) is 1.85. The summed E-state index contributed by atoms with van der Waals surface area (Å²) in [7, 11) is 5.39. The van der Waals surface area contributed by atoms with E-state index in [1.54, 1.807) is 14.0 Å². The first-order valence-electron chi connectivity index (χ1n) is 4.15. The molecule has 1 heterocycles. The van der Waals surface area contributed by atoms with E-state index in [-0.39, 0.29) is 0 Å². The molecule has 14 heavy (non-hydrogen) atoms. The number of thiocarbonyl (C=S) groups is 1. The molecule has 0 saturated heterocycles. The van der Waals surface area contributed by atoms with Crippen molar-refractivity contribution in [3.8, 4) is 0 Å². The normalized spacial score (nSPS) is 19.1. The van der Waals surface area contributed by atoms with E-state index >= 15 is 0 Å². The molecule has 1 aliphatic heterocycles. The van der Waals surface area contributed by atoms with Crippen LogP contribution in [-0.4, -0.2) is 42.8 Å². The lowest BCUT2D eigenvalue weighted by atomic mass is 10.2. The summed E-state index contributed by atoms with van der Waals surface area (Å²) in [5.74, 6) is 1.15. The Bertz CT molecular complexity index is 342. The van der Waals surface area contributed by atoms with Gasteiger partial charge in [0.25, 0.3) is 0 Å². The standard InChI is InChI=1S/C9H13N3OS/c1-6-10-8(13-4)7(5-12(2)3)9(14)11-6/h5H,1-4H3/b7-5-. The van der Waals surface area contributed by atoms with Gasteiger partial charge in [-0.2, -0.15) is 4.99 Å². The molecule has 0 aromatic rings. The highest BCUT2D eigenvalue weighted by molar-refractivity contribution is 7.81. The number of amidine groups is 1. The second-order valence-corrected chi connectivity index (χ2v) is 3.48. The Kier molecular flexibility index (Phi) is 3.35. The van der Waals surface area contributed by atoms with Gasteiger partial charge in [-0.3, -0.25) is 0 Å². The molecule has 0 saturated carbocycles. The molecule has 0 bridgehead atoms. The van der Waals surface area contributed by atoms with Crippen molar-refractivity contribution >= 4 is 28.9 Å². The summed E-state index contributed by atoms with van der Waals surface area (Å²) in [6, 6.07) is 0. The second kappa shape index (κ2) is 4.32. The topological polar surface area (TPSA) is 37.2 Å². The van der Waals surface area contributed by atoms with Crippen LogP contribution >= 0.6 is 12.2 Å². The van der Waals surface area contributed by atoms with Gasteiger partial charge < -0.3 is 9.64 Å². The third-order valence-corrected chi connectivity index (χ3v) is 1.88. The molecule has 5 heteroatoms. The van der Waals surface area contributed by atoms with Crippen LogP contribution in [0.25, 0.3) is 0 Å². The maximum absolute atomic E-state index is 5.13. The third-order valence-electron chi connectivity index (χ3n) is 1.57. The summed E-state index contributed by atoms with van der Waals surface area (Å²) in [5, 5.41) is 0. The van der Waals surface area contributed by atoms with Crippen molar-refractivity contribution in [3.63, 3.8) is 0 Å². The minimum atomic E-state index is 0.517. The van der Waals surface area contributed by atoms with E-state index in [9.17, 15) is 0 Å². The predicted molar refractivity (Wildman–Crippen MR) is 61.9 cm³/mol. The molecular formula is C9H13N3OS. The molecule has 0 fully saturated rings. The Morgan fingerprint density at radius 2 is 2.00 bits per heavy atom. The maximum Gasteiger partial charge on any atom is 0.226 e. The van der Waals surface area contributed by atoms with Gasteiger partial charge in [0, 0.05) is 20.3 Å². The number of nitrogens with zero attached hydrogens (tertiary/aromatic N) is 3. The molecule has 4 nitrogen and oxygen atoms in total. The average Bonchev–Trinajstić information content (AvgIpc) is 2.08. The fourth-order valence-electron chi connectivity index (χ4n) is 1.06. The van der Waals surface area contributed by atoms with Gasteiger partial charge in [0.2, 0.25) is 5.90 Å². The van der Waals surface area contributed by atoms with E-state index in [0.717, 1.165) is 5.57 Å². The maximum atomic E-state index is 5.13. The molecule has 0 aliphatic carbocycles. The lowest BCUT2D eigenvalue weighted by Crippen LogP contribution is -2.21. The van der Waals surface area contributed by atoms with E-state index in [0.29, 0.717) is 16.7 Å². The molecule has 0 spiro atoms. The smallest absolute Gasteiger partial charge is 0.226 e. The van der Waals surface area contributed by atoms with Gasteiger partial charge in [0.05, 0.1) is 12.7 Å². The van der Waals surface area contributed by atoms with Crippen LogP contribution in [0.1, 0.15) is 6.92 Å². The van der Waals surface area contributed by atoms with Crippen LogP contribution in [0, 0.1) is 0 Å². The molecule has 76 valence electrons. The van der Waals surface area contributed by atoms with Crippen molar-refractivity contribution in [1.29, 1.82) is 0 Å². The quantitative estimate of drug-likeness (QED) is 0.483. The molecule has 0 amide bonds. The Labute approximate surface area is 89.0 Å². The van der Waals surface area contributed by atoms with Gasteiger partial charge in [-0.15, -0.1) is 0 Å². The second-order valence-electron chi connectivity index (χ2n) is 3.09. The van der Waals surface area contributed by atoms with Crippen molar-refractivity contribution in [2.45, 2.75) is 6.92 Å². The number of aliphatic imine (C=N–C) groups is 2. The minimum Gasteiger partial charge on any atom is -0.480 e. The van der Waals surface area contributed by atoms with Gasteiger partial charge in [0.1, 0.15) is 10.8 Å². The molecular weight excluding hydrogens is 198 g/mol. The van der Waals surface area contributed by atoms with Crippen molar-refractivity contribution in [2.75, 3.05) is 21.2 Å². The highest BCUT2D eigenvalue weighted by atomic mass is 32.1. The zero-order valence-electron chi connectivity index (χ0n) is 8.74. The van der Waals surface area contributed by atoms with E-state index in [2.05, 4.69) is 9.98 Å². The Morgan fingerprint density at radius 1 is 1.36 bits per heavy atom. The third kappa shape index (κ3) is 2.38. The zero-order valence-corrected chi connectivity index (χ0v) is 9.55. The van der Waals surface area contributed by atoms with Crippen LogP contribution in [0.15, 0.2) is 21.8 Å². The average molecular weight is 211 g/mol. The van der Waals surface area contributed by atoms with E-state index < -0.39 is 0 Å². The lowest BCUT2D eigenvalue weighted by Gasteiger charge is -2.15. The van der Waals surface area contributed by atoms with Gasteiger partial charge >= 0.3 is 0 Å². The van der Waals surface area contributed by atoms with Crippen molar-refractivity contribution < 1.29 is 4.74 Å². The number of ether oxygens (including phenoxy) is 1. The van der Waals surface area contributed by atoms with Crippen LogP contribution in [0.4, 0.5) is 0 Å². The van der Waals surface area contributed by atoms with Crippen LogP contribution < -0.4 is 0 Å². The summed E-state index contributed by atoms with van der Waals surface area (Å²) < 4.78 is 5.13. The molecule has 0 aromatic carbocycles. The highest BCUT2D eigenvalue weighted by Crippen LogP contribution is 2.11. The van der Waals surface area contributed by atoms with Crippen molar-refractivity contribution in [1.82, 2.24) is 4.90 Å². The zero-order chi connectivity index (χ0) is 10.7. The molecule has 1 rings (SSSR count). The molecule has 0 N–H and O–H groups in total. The van der Waals surface area contributed by atoms with Gasteiger partial charge in [-0.25, -0.2) is 4.99 Å². The number of hydrogen-bond donors (Lipinski definition) is 0. The van der Waals surface area contributed by atoms with Gasteiger partial charge in [-0.1, -0.05) is 12.2 Å². The van der Waals surface area contributed by atoms with Crippen molar-refractivity contribution in [3.05, 3.63) is 11.8 Å². The number of rotatable bonds is 1. The van der Waals surface area contributed by atoms with Crippen molar-refractivity contribution in [2.24, 2.45) is 9.98 Å². The first-order chi connectivity index (χ1) is 6.54. The summed E-state index contributed by atoms with van der Waals surface area (Å²) >= 11 is 5.12. The first kappa shape index (κ1) is 10.8. The minimum absolute atomic E-state index is 0.517. The molecule has 1 aliphatic rings. The Hall–Kier alpha value is -1.23. The summed E-state index contributed by atoms with van der Waals surface area (Å²) in [5.41, 5.74) is 0.748. The fraction of sp³-hybridized carbons (Fsp3) is 0.444. The van der Waals surface area contributed by atoms with Gasteiger partial charge in [0.15, 0.2) is 0 Å². The first-order valence-corrected chi connectivity index (χ1v) is 4.56. The molecule has 0 unspecified atom stereocenters. The van der Waals surface area contributed by atoms with Crippen LogP contribution in [0.2, 0.25) is 0 Å². The predicted octanol–water partition coefficient (Wildman–Crippen LogP) is 1.24. The molecule has 0 aromatic heterocycles. The van der Waals surface area contributed by atoms with Crippen LogP contribution in [0.3, 0.4) is 0 Å². The number of methoxy groups -OCH3 is 1. The summed E-state index contributed by atoms with van der Waals surface area (Å²) in [4.78, 5) is 10.6. The monoisotopic (exact) mass is 211 g/mol. The SMILES string of the molecule is COC1=NC(C)=NC(=S)/C1=C\N(C)C. The van der Waals surface area contributed by atoms with E-state index in [1.165, 1.54) is 0 Å².